The molecule has 2 amide bonds. The molecule has 0 saturated carbocycles. The van der Waals surface area contributed by atoms with Crippen LogP contribution < -0.4 is 5.56 Å². The highest BCUT2D eigenvalue weighted by Crippen LogP contribution is 2.21. The summed E-state index contributed by atoms with van der Waals surface area (Å²) in [5.74, 6) is 0.653. The number of piperazine rings is 1. The average molecular weight is 412 g/mol. The van der Waals surface area contributed by atoms with Crippen LogP contribution in [0.3, 0.4) is 0 Å². The van der Waals surface area contributed by atoms with E-state index in [1.807, 2.05) is 11.0 Å². The number of carbonyl (C=O) groups is 2. The maximum absolute atomic E-state index is 12.9. The molecular formula is C22H29N5O3. The fourth-order valence-corrected chi connectivity index (χ4v) is 4.36. The van der Waals surface area contributed by atoms with Crippen molar-refractivity contribution in [3.8, 4) is 0 Å². The smallest absolute Gasteiger partial charge is 0.261 e. The molecule has 160 valence electrons. The summed E-state index contributed by atoms with van der Waals surface area (Å²) in [6.07, 6.45) is 1.36. The number of rotatable bonds is 3. The minimum absolute atomic E-state index is 0.00995. The standard InChI is InChI=1S/C22H29N5O3/c1-16-23-19-6-4-3-5-18(19)22(30)27(16)15-20(28)25-9-7-17(8-10-25)21(29)26-13-11-24(2)12-14-26/h3-6,17H,7-15H2,1-2H3. The quantitative estimate of drug-likeness (QED) is 0.744. The van der Waals surface area contributed by atoms with Crippen LogP contribution in [-0.2, 0) is 16.1 Å². The van der Waals surface area contributed by atoms with Gasteiger partial charge in [0.2, 0.25) is 11.8 Å². The Balaban J connectivity index is 1.38. The lowest BCUT2D eigenvalue weighted by Gasteiger charge is -2.37. The van der Waals surface area contributed by atoms with Gasteiger partial charge in [0.15, 0.2) is 0 Å². The number of nitrogens with zero attached hydrogens (tertiary/aromatic N) is 5. The first kappa shape index (κ1) is 20.5. The van der Waals surface area contributed by atoms with Crippen LogP contribution >= 0.6 is 0 Å². The number of hydrogen-bond acceptors (Lipinski definition) is 5. The van der Waals surface area contributed by atoms with Gasteiger partial charge in [0.25, 0.3) is 5.56 Å². The Morgan fingerprint density at radius 3 is 2.37 bits per heavy atom. The zero-order chi connectivity index (χ0) is 21.3. The molecular weight excluding hydrogens is 382 g/mol. The third-order valence-electron chi connectivity index (χ3n) is 6.36. The predicted molar refractivity (Wildman–Crippen MR) is 114 cm³/mol. The predicted octanol–water partition coefficient (Wildman–Crippen LogP) is 0.718. The summed E-state index contributed by atoms with van der Waals surface area (Å²) in [6, 6.07) is 7.19. The lowest BCUT2D eigenvalue weighted by atomic mass is 9.95. The molecule has 1 aromatic carbocycles. The molecule has 8 heteroatoms. The van der Waals surface area contributed by atoms with E-state index in [9.17, 15) is 14.4 Å². The maximum Gasteiger partial charge on any atom is 0.261 e. The molecule has 0 radical (unpaired) electrons. The van der Waals surface area contributed by atoms with Gasteiger partial charge in [-0.2, -0.15) is 0 Å². The lowest BCUT2D eigenvalue weighted by molar-refractivity contribution is -0.142. The van der Waals surface area contributed by atoms with Crippen molar-refractivity contribution in [2.24, 2.45) is 5.92 Å². The van der Waals surface area contributed by atoms with Crippen molar-refractivity contribution in [3.63, 3.8) is 0 Å². The van der Waals surface area contributed by atoms with Gasteiger partial charge in [-0.3, -0.25) is 19.0 Å². The topological polar surface area (TPSA) is 78.8 Å². The van der Waals surface area contributed by atoms with Crippen molar-refractivity contribution in [1.82, 2.24) is 24.3 Å². The van der Waals surface area contributed by atoms with Gasteiger partial charge in [0, 0.05) is 45.2 Å². The Bertz CT molecular complexity index is 1000. The molecule has 0 aliphatic carbocycles. The van der Waals surface area contributed by atoms with Crippen molar-refractivity contribution in [1.29, 1.82) is 0 Å². The molecule has 0 atom stereocenters. The Hall–Kier alpha value is -2.74. The first-order valence-corrected chi connectivity index (χ1v) is 10.7. The van der Waals surface area contributed by atoms with Crippen molar-refractivity contribution in [3.05, 3.63) is 40.4 Å². The van der Waals surface area contributed by atoms with E-state index in [1.165, 1.54) is 4.57 Å². The van der Waals surface area contributed by atoms with Gasteiger partial charge in [-0.25, -0.2) is 4.98 Å². The molecule has 2 aromatic rings. The Kier molecular flexibility index (Phi) is 5.85. The first-order chi connectivity index (χ1) is 14.4. The molecule has 1 aromatic heterocycles. The monoisotopic (exact) mass is 411 g/mol. The number of carbonyl (C=O) groups excluding carboxylic acids is 2. The average Bonchev–Trinajstić information content (AvgIpc) is 2.76. The fraction of sp³-hybridized carbons (Fsp3) is 0.545. The van der Waals surface area contributed by atoms with E-state index >= 15 is 0 Å². The number of fused-ring (bicyclic) bond motifs is 1. The first-order valence-electron chi connectivity index (χ1n) is 10.7. The lowest BCUT2D eigenvalue weighted by Crippen LogP contribution is -2.51. The van der Waals surface area contributed by atoms with Crippen molar-refractivity contribution < 1.29 is 9.59 Å². The van der Waals surface area contributed by atoms with Crippen LogP contribution in [0.25, 0.3) is 10.9 Å². The van der Waals surface area contributed by atoms with Gasteiger partial charge in [-0.1, -0.05) is 12.1 Å². The van der Waals surface area contributed by atoms with Crippen molar-refractivity contribution >= 4 is 22.7 Å². The van der Waals surface area contributed by atoms with Crippen LogP contribution in [0.5, 0.6) is 0 Å². The fourth-order valence-electron chi connectivity index (χ4n) is 4.36. The Labute approximate surface area is 176 Å². The molecule has 2 aliphatic heterocycles. The van der Waals surface area contributed by atoms with Crippen molar-refractivity contribution in [2.75, 3.05) is 46.3 Å². The summed E-state index contributed by atoms with van der Waals surface area (Å²) >= 11 is 0. The second kappa shape index (κ2) is 8.55. The molecule has 4 rings (SSSR count). The zero-order valence-corrected chi connectivity index (χ0v) is 17.7. The number of likely N-dealkylation sites (N-methyl/N-ethyl adjacent to an activating group) is 1. The summed E-state index contributed by atoms with van der Waals surface area (Å²) in [6.45, 7) is 6.24. The van der Waals surface area contributed by atoms with E-state index in [-0.39, 0.29) is 29.8 Å². The summed E-state index contributed by atoms with van der Waals surface area (Å²) in [5.41, 5.74) is 0.457. The second-order valence-electron chi connectivity index (χ2n) is 8.35. The SMILES string of the molecule is Cc1nc2ccccc2c(=O)n1CC(=O)N1CCC(C(=O)N2CCN(C)CC2)CC1. The number of amides is 2. The summed E-state index contributed by atoms with van der Waals surface area (Å²) in [7, 11) is 2.07. The van der Waals surface area contributed by atoms with Gasteiger partial charge >= 0.3 is 0 Å². The summed E-state index contributed by atoms with van der Waals surface area (Å²) < 4.78 is 1.45. The minimum Gasteiger partial charge on any atom is -0.341 e. The van der Waals surface area contributed by atoms with E-state index in [2.05, 4.69) is 16.9 Å². The van der Waals surface area contributed by atoms with Crippen LogP contribution in [0.2, 0.25) is 0 Å². The minimum atomic E-state index is -0.188. The molecule has 0 bridgehead atoms. The van der Waals surface area contributed by atoms with Gasteiger partial charge in [-0.15, -0.1) is 0 Å². The largest absolute Gasteiger partial charge is 0.341 e. The highest BCUT2D eigenvalue weighted by atomic mass is 16.2. The van der Waals surface area contributed by atoms with E-state index in [0.29, 0.717) is 42.7 Å². The molecule has 8 nitrogen and oxygen atoms in total. The summed E-state index contributed by atoms with van der Waals surface area (Å²) in [4.78, 5) is 48.9. The molecule has 2 fully saturated rings. The normalized spacial score (nSPS) is 18.7. The highest BCUT2D eigenvalue weighted by Gasteiger charge is 2.31. The number of aromatic nitrogens is 2. The molecule has 2 saturated heterocycles. The molecule has 3 heterocycles. The number of aryl methyl sites for hydroxylation is 1. The van der Waals surface area contributed by atoms with E-state index in [4.69, 9.17) is 0 Å². The summed E-state index contributed by atoms with van der Waals surface area (Å²) in [5, 5.41) is 0.521. The number of benzene rings is 1. The van der Waals surface area contributed by atoms with Crippen LogP contribution in [0.15, 0.2) is 29.1 Å². The molecule has 0 N–H and O–H groups in total. The van der Waals surface area contributed by atoms with Crippen LogP contribution in [0.1, 0.15) is 18.7 Å². The highest BCUT2D eigenvalue weighted by molar-refractivity contribution is 5.81. The number of para-hydroxylation sites is 1. The number of piperidine rings is 1. The van der Waals surface area contributed by atoms with Crippen LogP contribution in [-0.4, -0.2) is 82.4 Å². The maximum atomic E-state index is 12.9. The van der Waals surface area contributed by atoms with E-state index < -0.39 is 0 Å². The van der Waals surface area contributed by atoms with Crippen molar-refractivity contribution in [2.45, 2.75) is 26.3 Å². The molecule has 0 spiro atoms. The number of likely N-dealkylation sites (tertiary alicyclic amines) is 1. The third kappa shape index (κ3) is 4.09. The Morgan fingerprint density at radius 1 is 1.00 bits per heavy atom. The third-order valence-corrected chi connectivity index (χ3v) is 6.36. The molecule has 2 aliphatic rings. The van der Waals surface area contributed by atoms with E-state index in [0.717, 1.165) is 26.2 Å². The Morgan fingerprint density at radius 2 is 1.67 bits per heavy atom. The second-order valence-corrected chi connectivity index (χ2v) is 8.35. The van der Waals surface area contributed by atoms with Gasteiger partial charge in [0.05, 0.1) is 10.9 Å². The van der Waals surface area contributed by atoms with Gasteiger partial charge in [0.1, 0.15) is 12.4 Å². The molecule has 0 unspecified atom stereocenters. The van der Waals surface area contributed by atoms with Crippen LogP contribution in [0, 0.1) is 12.8 Å². The van der Waals surface area contributed by atoms with Gasteiger partial charge < -0.3 is 14.7 Å². The zero-order valence-electron chi connectivity index (χ0n) is 17.7. The molecule has 30 heavy (non-hydrogen) atoms. The van der Waals surface area contributed by atoms with E-state index in [1.54, 1.807) is 30.0 Å². The van der Waals surface area contributed by atoms with Gasteiger partial charge in [-0.05, 0) is 38.9 Å². The van der Waals surface area contributed by atoms with Crippen LogP contribution in [0.4, 0.5) is 0 Å². The number of hydrogen-bond donors (Lipinski definition) is 0.